The van der Waals surface area contributed by atoms with E-state index in [0.717, 1.165) is 18.4 Å². The van der Waals surface area contributed by atoms with Gasteiger partial charge >= 0.3 is 0 Å². The molecule has 0 saturated carbocycles. The maximum Gasteiger partial charge on any atom is 0.241 e. The number of benzene rings is 1. The molecular weight excluding hydrogens is 264 g/mol. The highest BCUT2D eigenvalue weighted by Gasteiger charge is 2.37. The van der Waals surface area contributed by atoms with Crippen molar-refractivity contribution in [3.63, 3.8) is 0 Å². The second-order valence-corrected chi connectivity index (χ2v) is 5.31. The third-order valence-electron chi connectivity index (χ3n) is 3.69. The number of hydrogen-bond donors (Lipinski definition) is 2. The number of aliphatic hydroxyl groups excluding tert-OH is 1. The lowest BCUT2D eigenvalue weighted by atomic mass is 9.79. The van der Waals surface area contributed by atoms with E-state index < -0.39 is 11.5 Å². The molecule has 0 aliphatic rings. The Morgan fingerprint density at radius 2 is 1.86 bits per heavy atom. The van der Waals surface area contributed by atoms with E-state index in [1.165, 1.54) is 0 Å². The fourth-order valence-electron chi connectivity index (χ4n) is 2.58. The smallest absolute Gasteiger partial charge is 0.241 e. The summed E-state index contributed by atoms with van der Waals surface area (Å²) in [5.41, 5.74) is -0.153. The van der Waals surface area contributed by atoms with E-state index in [9.17, 15) is 15.2 Å². The van der Waals surface area contributed by atoms with E-state index in [0.29, 0.717) is 12.8 Å². The maximum absolute atomic E-state index is 12.6. The SMILES string of the molecule is CCCC(C#N)(CCC)C(=O)NC(CO)c1ccccc1. The molecule has 114 valence electrons. The molecule has 4 heteroatoms. The number of carbonyl (C=O) groups is 1. The maximum atomic E-state index is 12.6. The van der Waals surface area contributed by atoms with Crippen LogP contribution in [0.3, 0.4) is 0 Å². The van der Waals surface area contributed by atoms with Crippen LogP contribution in [0.1, 0.15) is 51.1 Å². The molecule has 0 heterocycles. The van der Waals surface area contributed by atoms with Gasteiger partial charge in [0.05, 0.1) is 18.7 Å². The van der Waals surface area contributed by atoms with Crippen molar-refractivity contribution in [1.82, 2.24) is 5.32 Å². The zero-order chi connectivity index (χ0) is 15.7. The number of aliphatic hydroxyl groups is 1. The standard InChI is InChI=1S/C17H24N2O2/c1-3-10-17(13-18,11-4-2)16(21)19-15(12-20)14-8-6-5-7-9-14/h5-9,15,20H,3-4,10-12H2,1-2H3,(H,19,21). The van der Waals surface area contributed by atoms with Crippen molar-refractivity contribution in [2.45, 2.75) is 45.6 Å². The Balaban J connectivity index is 2.92. The normalized spacial score (nSPS) is 12.5. The molecule has 1 aromatic rings. The highest BCUT2D eigenvalue weighted by molar-refractivity contribution is 5.85. The molecule has 0 bridgehead atoms. The topological polar surface area (TPSA) is 73.1 Å². The summed E-state index contributed by atoms with van der Waals surface area (Å²) in [5.74, 6) is -0.281. The predicted octanol–water partition coefficient (Wildman–Crippen LogP) is 2.95. The molecule has 0 radical (unpaired) electrons. The van der Waals surface area contributed by atoms with Crippen molar-refractivity contribution in [2.24, 2.45) is 5.41 Å². The van der Waals surface area contributed by atoms with E-state index in [2.05, 4.69) is 11.4 Å². The largest absolute Gasteiger partial charge is 0.394 e. The Morgan fingerprint density at radius 1 is 1.29 bits per heavy atom. The van der Waals surface area contributed by atoms with E-state index in [1.54, 1.807) is 0 Å². The number of hydrogen-bond acceptors (Lipinski definition) is 3. The Hall–Kier alpha value is -1.86. The average Bonchev–Trinajstić information content (AvgIpc) is 2.52. The second-order valence-electron chi connectivity index (χ2n) is 5.31. The zero-order valence-electron chi connectivity index (χ0n) is 12.8. The van der Waals surface area contributed by atoms with Crippen LogP contribution in [0.2, 0.25) is 0 Å². The van der Waals surface area contributed by atoms with Crippen LogP contribution in [-0.4, -0.2) is 17.6 Å². The molecule has 21 heavy (non-hydrogen) atoms. The number of nitriles is 1. The highest BCUT2D eigenvalue weighted by Crippen LogP contribution is 2.30. The first-order valence-electron chi connectivity index (χ1n) is 7.51. The molecule has 1 atom stereocenters. The first-order chi connectivity index (χ1) is 10.1. The lowest BCUT2D eigenvalue weighted by Gasteiger charge is -2.27. The molecular formula is C17H24N2O2. The molecule has 0 spiro atoms. The lowest BCUT2D eigenvalue weighted by molar-refractivity contribution is -0.130. The van der Waals surface area contributed by atoms with Gasteiger partial charge in [-0.3, -0.25) is 4.79 Å². The highest BCUT2D eigenvalue weighted by atomic mass is 16.3. The molecule has 0 fully saturated rings. The van der Waals surface area contributed by atoms with Gasteiger partial charge in [0.2, 0.25) is 5.91 Å². The number of rotatable bonds is 8. The average molecular weight is 288 g/mol. The Kier molecular flexibility index (Phi) is 6.90. The summed E-state index contributed by atoms with van der Waals surface area (Å²) in [7, 11) is 0. The monoisotopic (exact) mass is 288 g/mol. The van der Waals surface area contributed by atoms with E-state index in [4.69, 9.17) is 0 Å². The zero-order valence-corrected chi connectivity index (χ0v) is 12.8. The number of nitrogens with zero attached hydrogens (tertiary/aromatic N) is 1. The van der Waals surface area contributed by atoms with E-state index >= 15 is 0 Å². The van der Waals surface area contributed by atoms with Crippen LogP contribution in [-0.2, 0) is 4.79 Å². The van der Waals surface area contributed by atoms with Gasteiger partial charge in [-0.1, -0.05) is 57.0 Å². The van der Waals surface area contributed by atoms with Gasteiger partial charge in [-0.15, -0.1) is 0 Å². The molecule has 0 aliphatic heterocycles. The van der Waals surface area contributed by atoms with Crippen LogP contribution in [0.25, 0.3) is 0 Å². The number of amides is 1. The third kappa shape index (κ3) is 4.30. The number of nitrogens with one attached hydrogen (secondary N) is 1. The van der Waals surface area contributed by atoms with Gasteiger partial charge < -0.3 is 10.4 Å². The van der Waals surface area contributed by atoms with Gasteiger partial charge in [0.25, 0.3) is 0 Å². The Labute approximate surface area is 126 Å². The summed E-state index contributed by atoms with van der Waals surface area (Å²) in [6.07, 6.45) is 2.62. The fraction of sp³-hybridized carbons (Fsp3) is 0.529. The molecule has 0 aliphatic carbocycles. The van der Waals surface area contributed by atoms with Gasteiger partial charge in [-0.25, -0.2) is 0 Å². The first-order valence-corrected chi connectivity index (χ1v) is 7.51. The summed E-state index contributed by atoms with van der Waals surface area (Å²) < 4.78 is 0. The summed E-state index contributed by atoms with van der Waals surface area (Å²) in [5, 5.41) is 21.9. The molecule has 1 unspecified atom stereocenters. The molecule has 0 aromatic heterocycles. The van der Waals surface area contributed by atoms with Crippen LogP contribution < -0.4 is 5.32 Å². The molecule has 2 N–H and O–H groups in total. The van der Waals surface area contributed by atoms with Crippen LogP contribution in [0.5, 0.6) is 0 Å². The van der Waals surface area contributed by atoms with Crippen molar-refractivity contribution in [3.05, 3.63) is 35.9 Å². The Bertz CT molecular complexity index is 473. The third-order valence-corrected chi connectivity index (χ3v) is 3.69. The minimum atomic E-state index is -0.994. The van der Waals surface area contributed by atoms with Gasteiger partial charge in [0.1, 0.15) is 5.41 Å². The van der Waals surface area contributed by atoms with Crippen molar-refractivity contribution < 1.29 is 9.90 Å². The lowest BCUT2D eigenvalue weighted by Crippen LogP contribution is -2.42. The minimum Gasteiger partial charge on any atom is -0.394 e. The van der Waals surface area contributed by atoms with Crippen molar-refractivity contribution >= 4 is 5.91 Å². The van der Waals surface area contributed by atoms with Gasteiger partial charge in [0.15, 0.2) is 0 Å². The summed E-state index contributed by atoms with van der Waals surface area (Å²) in [6, 6.07) is 11.0. The summed E-state index contributed by atoms with van der Waals surface area (Å²) >= 11 is 0. The quantitative estimate of drug-likeness (QED) is 0.772. The Morgan fingerprint density at radius 3 is 2.29 bits per heavy atom. The van der Waals surface area contributed by atoms with Gasteiger partial charge in [0, 0.05) is 0 Å². The summed E-state index contributed by atoms with van der Waals surface area (Å²) in [6.45, 7) is 3.75. The second kappa shape index (κ2) is 8.43. The fourth-order valence-corrected chi connectivity index (χ4v) is 2.58. The molecule has 0 saturated heterocycles. The molecule has 1 aromatic carbocycles. The van der Waals surface area contributed by atoms with Crippen LogP contribution in [0.4, 0.5) is 0 Å². The van der Waals surface area contributed by atoms with E-state index in [-0.39, 0.29) is 12.5 Å². The van der Waals surface area contributed by atoms with Crippen molar-refractivity contribution in [3.8, 4) is 6.07 Å². The van der Waals surface area contributed by atoms with Crippen LogP contribution >= 0.6 is 0 Å². The van der Waals surface area contributed by atoms with E-state index in [1.807, 2.05) is 44.2 Å². The molecule has 1 rings (SSSR count). The van der Waals surface area contributed by atoms with Crippen molar-refractivity contribution in [2.75, 3.05) is 6.61 Å². The van der Waals surface area contributed by atoms with Crippen molar-refractivity contribution in [1.29, 1.82) is 5.26 Å². The van der Waals surface area contributed by atoms with Crippen LogP contribution in [0.15, 0.2) is 30.3 Å². The molecule has 1 amide bonds. The first kappa shape index (κ1) is 17.2. The van der Waals surface area contributed by atoms with Gasteiger partial charge in [-0.2, -0.15) is 5.26 Å². The van der Waals surface area contributed by atoms with Gasteiger partial charge in [-0.05, 0) is 18.4 Å². The molecule has 4 nitrogen and oxygen atoms in total. The number of carbonyl (C=O) groups excluding carboxylic acids is 1. The summed E-state index contributed by atoms with van der Waals surface area (Å²) in [4.78, 5) is 12.6. The predicted molar refractivity (Wildman–Crippen MR) is 82.3 cm³/mol. The van der Waals surface area contributed by atoms with Crippen LogP contribution in [0, 0.1) is 16.7 Å². The minimum absolute atomic E-state index is 0.185.